The molecular formula is C9H10F2N2OS. The number of alkyl halides is 2. The van der Waals surface area contributed by atoms with E-state index in [1.807, 2.05) is 0 Å². The minimum Gasteiger partial charge on any atom is -0.433 e. The normalized spacial score (nSPS) is 9.87. The molecule has 0 fully saturated rings. The first-order chi connectivity index (χ1) is 7.13. The maximum Gasteiger partial charge on any atom is 0.387 e. The van der Waals surface area contributed by atoms with Crippen LogP contribution in [0.1, 0.15) is 0 Å². The summed E-state index contributed by atoms with van der Waals surface area (Å²) in [7, 11) is 1.63. The number of hydrogen-bond donors (Lipinski definition) is 2. The Morgan fingerprint density at radius 2 is 2.07 bits per heavy atom. The lowest BCUT2D eigenvalue weighted by molar-refractivity contribution is -0.0493. The molecule has 1 aromatic carbocycles. The lowest BCUT2D eigenvalue weighted by atomic mass is 10.3. The van der Waals surface area contributed by atoms with Crippen LogP contribution in [0.15, 0.2) is 24.3 Å². The van der Waals surface area contributed by atoms with Crippen LogP contribution in [0.2, 0.25) is 0 Å². The summed E-state index contributed by atoms with van der Waals surface area (Å²) in [6.07, 6.45) is 0. The van der Waals surface area contributed by atoms with E-state index < -0.39 is 6.61 Å². The van der Waals surface area contributed by atoms with Crippen LogP contribution in [0.4, 0.5) is 14.5 Å². The molecule has 0 atom stereocenters. The van der Waals surface area contributed by atoms with Gasteiger partial charge in [0.25, 0.3) is 0 Å². The Labute approximate surface area is 91.4 Å². The Bertz CT molecular complexity index is 347. The summed E-state index contributed by atoms with van der Waals surface area (Å²) in [6.45, 7) is -2.85. The van der Waals surface area contributed by atoms with Crippen LogP contribution in [0.3, 0.4) is 0 Å². The number of para-hydroxylation sites is 2. The highest BCUT2D eigenvalue weighted by Gasteiger charge is 2.09. The molecule has 0 aliphatic rings. The summed E-state index contributed by atoms with van der Waals surface area (Å²) in [6, 6.07) is 6.33. The third-order valence-electron chi connectivity index (χ3n) is 1.58. The number of benzene rings is 1. The highest BCUT2D eigenvalue weighted by molar-refractivity contribution is 7.80. The summed E-state index contributed by atoms with van der Waals surface area (Å²) in [5.41, 5.74) is 0.400. The van der Waals surface area contributed by atoms with E-state index in [-0.39, 0.29) is 5.75 Å². The van der Waals surface area contributed by atoms with Gasteiger partial charge >= 0.3 is 6.61 Å². The number of rotatable bonds is 3. The van der Waals surface area contributed by atoms with Crippen molar-refractivity contribution < 1.29 is 13.5 Å². The van der Waals surface area contributed by atoms with Gasteiger partial charge in [-0.2, -0.15) is 8.78 Å². The summed E-state index contributed by atoms with van der Waals surface area (Å²) in [5.74, 6) is 0.0603. The fraction of sp³-hybridized carbons (Fsp3) is 0.222. The maximum atomic E-state index is 12.0. The van der Waals surface area contributed by atoms with Crippen molar-refractivity contribution in [3.05, 3.63) is 24.3 Å². The number of thiocarbonyl (C=S) groups is 1. The van der Waals surface area contributed by atoms with Crippen molar-refractivity contribution in [1.82, 2.24) is 5.32 Å². The summed E-state index contributed by atoms with van der Waals surface area (Å²) in [4.78, 5) is 0. The first-order valence-corrected chi connectivity index (χ1v) is 4.57. The van der Waals surface area contributed by atoms with Crippen molar-refractivity contribution in [1.29, 1.82) is 0 Å². The van der Waals surface area contributed by atoms with Gasteiger partial charge in [-0.3, -0.25) is 0 Å². The van der Waals surface area contributed by atoms with Gasteiger partial charge in [0.1, 0.15) is 5.75 Å². The van der Waals surface area contributed by atoms with Gasteiger partial charge in [-0.1, -0.05) is 12.1 Å². The Balaban J connectivity index is 2.81. The number of ether oxygens (including phenoxy) is 1. The Kier molecular flexibility index (Phi) is 4.23. The average Bonchev–Trinajstić information content (AvgIpc) is 2.20. The van der Waals surface area contributed by atoms with Gasteiger partial charge < -0.3 is 15.4 Å². The van der Waals surface area contributed by atoms with Crippen LogP contribution in [-0.4, -0.2) is 18.8 Å². The standard InChI is InChI=1S/C9H10F2N2OS/c1-12-9(15)13-6-4-2-3-5-7(6)14-8(10)11/h2-5,8H,1H3,(H2,12,13,15). The largest absolute Gasteiger partial charge is 0.433 e. The van der Waals surface area contributed by atoms with Crippen LogP contribution in [0.5, 0.6) is 5.75 Å². The van der Waals surface area contributed by atoms with Crippen molar-refractivity contribution in [2.45, 2.75) is 6.61 Å². The number of anilines is 1. The molecule has 0 radical (unpaired) electrons. The van der Waals surface area contributed by atoms with Crippen molar-refractivity contribution in [3.63, 3.8) is 0 Å². The molecule has 0 saturated heterocycles. The van der Waals surface area contributed by atoms with Crippen molar-refractivity contribution in [2.24, 2.45) is 0 Å². The average molecular weight is 232 g/mol. The van der Waals surface area contributed by atoms with Gasteiger partial charge in [0.15, 0.2) is 5.11 Å². The predicted octanol–water partition coefficient (Wildman–Crippen LogP) is 2.20. The van der Waals surface area contributed by atoms with Crippen molar-refractivity contribution in [2.75, 3.05) is 12.4 Å². The zero-order valence-corrected chi connectivity index (χ0v) is 8.78. The molecule has 82 valence electrons. The third-order valence-corrected chi connectivity index (χ3v) is 1.88. The van der Waals surface area contributed by atoms with Crippen LogP contribution in [0.25, 0.3) is 0 Å². The second-order valence-corrected chi connectivity index (χ2v) is 2.99. The number of halogens is 2. The van der Waals surface area contributed by atoms with Gasteiger partial charge in [0.2, 0.25) is 0 Å². The predicted molar refractivity (Wildman–Crippen MR) is 58.4 cm³/mol. The van der Waals surface area contributed by atoms with E-state index in [0.717, 1.165) is 0 Å². The molecule has 0 spiro atoms. The van der Waals surface area contributed by atoms with Gasteiger partial charge in [0.05, 0.1) is 5.69 Å². The van der Waals surface area contributed by atoms with Gasteiger partial charge in [0, 0.05) is 7.05 Å². The summed E-state index contributed by atoms with van der Waals surface area (Å²) in [5, 5.41) is 5.73. The molecular weight excluding hydrogens is 222 g/mol. The number of nitrogens with one attached hydrogen (secondary N) is 2. The minimum absolute atomic E-state index is 0.0603. The van der Waals surface area contributed by atoms with E-state index in [1.165, 1.54) is 6.07 Å². The molecule has 0 heterocycles. The van der Waals surface area contributed by atoms with Crippen molar-refractivity contribution in [3.8, 4) is 5.75 Å². The second kappa shape index (κ2) is 5.45. The van der Waals surface area contributed by atoms with E-state index in [0.29, 0.717) is 10.8 Å². The van der Waals surface area contributed by atoms with E-state index in [9.17, 15) is 8.78 Å². The molecule has 0 aromatic heterocycles. The molecule has 0 bridgehead atoms. The van der Waals surface area contributed by atoms with Crippen LogP contribution in [0, 0.1) is 0 Å². The fourth-order valence-corrected chi connectivity index (χ4v) is 1.06. The molecule has 6 heteroatoms. The molecule has 0 aliphatic carbocycles. The first kappa shape index (κ1) is 11.6. The van der Waals surface area contributed by atoms with E-state index >= 15 is 0 Å². The zero-order valence-electron chi connectivity index (χ0n) is 7.96. The summed E-state index contributed by atoms with van der Waals surface area (Å²) >= 11 is 4.85. The molecule has 1 aromatic rings. The van der Waals surface area contributed by atoms with Crippen LogP contribution >= 0.6 is 12.2 Å². The topological polar surface area (TPSA) is 33.3 Å². The minimum atomic E-state index is -2.85. The van der Waals surface area contributed by atoms with Gasteiger partial charge in [-0.05, 0) is 24.4 Å². The maximum absolute atomic E-state index is 12.0. The Hall–Kier alpha value is -1.43. The molecule has 2 N–H and O–H groups in total. The Morgan fingerprint density at radius 3 is 2.67 bits per heavy atom. The highest BCUT2D eigenvalue weighted by Crippen LogP contribution is 2.25. The van der Waals surface area contributed by atoms with E-state index in [2.05, 4.69) is 15.4 Å². The second-order valence-electron chi connectivity index (χ2n) is 2.58. The third kappa shape index (κ3) is 3.67. The molecule has 0 unspecified atom stereocenters. The van der Waals surface area contributed by atoms with Crippen LogP contribution in [-0.2, 0) is 0 Å². The van der Waals surface area contributed by atoms with Gasteiger partial charge in [-0.15, -0.1) is 0 Å². The zero-order chi connectivity index (χ0) is 11.3. The molecule has 0 amide bonds. The molecule has 0 saturated carbocycles. The molecule has 1 rings (SSSR count). The Morgan fingerprint density at radius 1 is 1.40 bits per heavy atom. The van der Waals surface area contributed by atoms with Gasteiger partial charge in [-0.25, -0.2) is 0 Å². The SMILES string of the molecule is CNC(=S)Nc1ccccc1OC(F)F. The summed E-state index contributed by atoms with van der Waals surface area (Å²) < 4.78 is 28.4. The molecule has 0 aliphatic heterocycles. The van der Waals surface area contributed by atoms with Crippen molar-refractivity contribution >= 4 is 23.0 Å². The lowest BCUT2D eigenvalue weighted by Crippen LogP contribution is -2.24. The van der Waals surface area contributed by atoms with E-state index in [4.69, 9.17) is 12.2 Å². The highest BCUT2D eigenvalue weighted by atomic mass is 32.1. The monoisotopic (exact) mass is 232 g/mol. The quantitative estimate of drug-likeness (QED) is 0.783. The fourth-order valence-electron chi connectivity index (χ4n) is 0.953. The molecule has 15 heavy (non-hydrogen) atoms. The number of hydrogen-bond acceptors (Lipinski definition) is 2. The van der Waals surface area contributed by atoms with E-state index in [1.54, 1.807) is 25.2 Å². The smallest absolute Gasteiger partial charge is 0.387 e. The lowest BCUT2D eigenvalue weighted by Gasteiger charge is -2.12. The first-order valence-electron chi connectivity index (χ1n) is 4.16. The van der Waals surface area contributed by atoms with Crippen LogP contribution < -0.4 is 15.4 Å². The molecule has 3 nitrogen and oxygen atoms in total.